The van der Waals surface area contributed by atoms with Crippen molar-refractivity contribution in [2.45, 2.75) is 19.4 Å². The van der Waals surface area contributed by atoms with Crippen LogP contribution in [0.3, 0.4) is 0 Å². The molecule has 1 aromatic rings. The average Bonchev–Trinajstić information content (AvgIpc) is 2.25. The highest BCUT2D eigenvalue weighted by molar-refractivity contribution is 5.81. The number of carbonyl (C=O) groups is 1. The van der Waals surface area contributed by atoms with Gasteiger partial charge in [0.25, 0.3) is 0 Å². The van der Waals surface area contributed by atoms with Gasteiger partial charge >= 0.3 is 0 Å². The third-order valence-corrected chi connectivity index (χ3v) is 2.23. The van der Waals surface area contributed by atoms with Gasteiger partial charge in [-0.15, -0.1) is 0 Å². The monoisotopic (exact) mass is 246 g/mol. The molecule has 0 heterocycles. The van der Waals surface area contributed by atoms with Gasteiger partial charge in [0, 0.05) is 11.6 Å². The maximum absolute atomic E-state index is 13.4. The molecule has 3 nitrogen and oxygen atoms in total. The molecule has 6 heteroatoms. The Balaban J connectivity index is 3.09. The van der Waals surface area contributed by atoms with Gasteiger partial charge in [0.15, 0.2) is 11.6 Å². The van der Waals surface area contributed by atoms with E-state index in [-0.39, 0.29) is 5.56 Å². The zero-order chi connectivity index (χ0) is 13.0. The SMILES string of the molecule is CCCNC(C(N)=O)c1cc(F)c(F)cc1F. The summed E-state index contributed by atoms with van der Waals surface area (Å²) in [7, 11) is 0. The zero-order valence-corrected chi connectivity index (χ0v) is 9.27. The van der Waals surface area contributed by atoms with Gasteiger partial charge in [-0.3, -0.25) is 4.79 Å². The lowest BCUT2D eigenvalue weighted by Gasteiger charge is -2.16. The van der Waals surface area contributed by atoms with E-state index in [0.29, 0.717) is 25.1 Å². The Morgan fingerprint density at radius 2 is 1.88 bits per heavy atom. The molecule has 17 heavy (non-hydrogen) atoms. The van der Waals surface area contributed by atoms with Crippen molar-refractivity contribution in [1.29, 1.82) is 0 Å². The van der Waals surface area contributed by atoms with Crippen molar-refractivity contribution in [1.82, 2.24) is 5.32 Å². The molecular formula is C11H13F3N2O. The van der Waals surface area contributed by atoms with Gasteiger partial charge in [-0.25, -0.2) is 13.2 Å². The van der Waals surface area contributed by atoms with E-state index in [1.54, 1.807) is 0 Å². The van der Waals surface area contributed by atoms with Gasteiger partial charge in [0.1, 0.15) is 11.9 Å². The van der Waals surface area contributed by atoms with E-state index in [1.165, 1.54) is 0 Å². The number of amides is 1. The Morgan fingerprint density at radius 3 is 2.41 bits per heavy atom. The molecule has 94 valence electrons. The molecule has 0 radical (unpaired) electrons. The number of halogens is 3. The third-order valence-electron chi connectivity index (χ3n) is 2.23. The maximum atomic E-state index is 13.4. The molecule has 1 rings (SSSR count). The second-order valence-corrected chi connectivity index (χ2v) is 3.58. The van der Waals surface area contributed by atoms with Crippen molar-refractivity contribution in [2.75, 3.05) is 6.54 Å². The van der Waals surface area contributed by atoms with Gasteiger partial charge in [0.05, 0.1) is 0 Å². The van der Waals surface area contributed by atoms with Crippen molar-refractivity contribution >= 4 is 5.91 Å². The van der Waals surface area contributed by atoms with Crippen molar-refractivity contribution < 1.29 is 18.0 Å². The van der Waals surface area contributed by atoms with Crippen LogP contribution in [-0.4, -0.2) is 12.5 Å². The number of carbonyl (C=O) groups excluding carboxylic acids is 1. The number of primary amides is 1. The lowest BCUT2D eigenvalue weighted by Crippen LogP contribution is -2.34. The largest absolute Gasteiger partial charge is 0.368 e. The first-order valence-electron chi connectivity index (χ1n) is 5.14. The van der Waals surface area contributed by atoms with Gasteiger partial charge in [-0.1, -0.05) is 6.92 Å². The lowest BCUT2D eigenvalue weighted by atomic mass is 10.1. The van der Waals surface area contributed by atoms with Crippen LogP contribution in [0, 0.1) is 17.5 Å². The van der Waals surface area contributed by atoms with Gasteiger partial charge in [-0.05, 0) is 19.0 Å². The standard InChI is InChI=1S/C11H13F3N2O/c1-2-3-16-10(11(15)17)6-4-8(13)9(14)5-7(6)12/h4-5,10,16H,2-3H2,1H3,(H2,15,17). The van der Waals surface area contributed by atoms with Gasteiger partial charge in [-0.2, -0.15) is 0 Å². The van der Waals surface area contributed by atoms with E-state index >= 15 is 0 Å². The van der Waals surface area contributed by atoms with Crippen LogP contribution in [0.4, 0.5) is 13.2 Å². The summed E-state index contributed by atoms with van der Waals surface area (Å²) in [5, 5.41) is 2.67. The molecule has 0 aliphatic rings. The predicted octanol–water partition coefficient (Wildman–Crippen LogP) is 1.63. The highest BCUT2D eigenvalue weighted by atomic mass is 19.2. The highest BCUT2D eigenvalue weighted by Crippen LogP contribution is 2.20. The molecule has 0 saturated carbocycles. The Kier molecular flexibility index (Phi) is 4.51. The van der Waals surface area contributed by atoms with Crippen LogP contribution in [0.15, 0.2) is 12.1 Å². The lowest BCUT2D eigenvalue weighted by molar-refractivity contribution is -0.120. The van der Waals surface area contributed by atoms with Gasteiger partial charge < -0.3 is 11.1 Å². The van der Waals surface area contributed by atoms with Gasteiger partial charge in [0.2, 0.25) is 5.91 Å². The Labute approximate surface area is 96.8 Å². The molecule has 0 aliphatic carbocycles. The first-order chi connectivity index (χ1) is 7.97. The summed E-state index contributed by atoms with van der Waals surface area (Å²) in [6.45, 7) is 2.25. The fraction of sp³-hybridized carbons (Fsp3) is 0.364. The molecule has 0 aliphatic heterocycles. The topological polar surface area (TPSA) is 55.1 Å². The highest BCUT2D eigenvalue weighted by Gasteiger charge is 2.22. The summed E-state index contributed by atoms with van der Waals surface area (Å²) >= 11 is 0. The van der Waals surface area contributed by atoms with Crippen molar-refractivity contribution in [2.24, 2.45) is 5.73 Å². The number of rotatable bonds is 5. The fourth-order valence-corrected chi connectivity index (χ4v) is 1.41. The van der Waals surface area contributed by atoms with Crippen LogP contribution in [0.2, 0.25) is 0 Å². The van der Waals surface area contributed by atoms with E-state index in [9.17, 15) is 18.0 Å². The summed E-state index contributed by atoms with van der Waals surface area (Å²) in [6.07, 6.45) is 0.690. The molecular weight excluding hydrogens is 233 g/mol. The first kappa shape index (κ1) is 13.5. The molecule has 3 N–H and O–H groups in total. The Bertz CT molecular complexity index is 423. The quantitative estimate of drug-likeness (QED) is 0.776. The minimum absolute atomic E-state index is 0.287. The van der Waals surface area contributed by atoms with Crippen LogP contribution in [0.25, 0.3) is 0 Å². The van der Waals surface area contributed by atoms with E-state index in [4.69, 9.17) is 5.73 Å². The summed E-state index contributed by atoms with van der Waals surface area (Å²) in [4.78, 5) is 11.1. The molecule has 1 unspecified atom stereocenters. The molecule has 1 atom stereocenters. The van der Waals surface area contributed by atoms with Crippen molar-refractivity contribution in [3.63, 3.8) is 0 Å². The van der Waals surface area contributed by atoms with Crippen molar-refractivity contribution in [3.8, 4) is 0 Å². The summed E-state index contributed by atoms with van der Waals surface area (Å²) in [5.74, 6) is -4.37. The minimum Gasteiger partial charge on any atom is -0.368 e. The molecule has 0 aromatic heterocycles. The Morgan fingerprint density at radius 1 is 1.29 bits per heavy atom. The van der Waals surface area contributed by atoms with E-state index in [2.05, 4.69) is 5.32 Å². The molecule has 0 spiro atoms. The average molecular weight is 246 g/mol. The van der Waals surface area contributed by atoms with E-state index < -0.39 is 29.4 Å². The minimum atomic E-state index is -1.30. The number of benzene rings is 1. The van der Waals surface area contributed by atoms with E-state index in [0.717, 1.165) is 0 Å². The van der Waals surface area contributed by atoms with Crippen LogP contribution in [0.5, 0.6) is 0 Å². The fourth-order valence-electron chi connectivity index (χ4n) is 1.41. The number of hydrogen-bond donors (Lipinski definition) is 2. The Hall–Kier alpha value is -1.56. The number of hydrogen-bond acceptors (Lipinski definition) is 2. The van der Waals surface area contributed by atoms with Crippen molar-refractivity contribution in [3.05, 3.63) is 35.1 Å². The predicted molar refractivity (Wildman–Crippen MR) is 56.5 cm³/mol. The molecule has 1 amide bonds. The smallest absolute Gasteiger partial charge is 0.239 e. The third kappa shape index (κ3) is 3.20. The second kappa shape index (κ2) is 5.67. The molecule has 0 fully saturated rings. The van der Waals surface area contributed by atoms with E-state index in [1.807, 2.05) is 6.92 Å². The van der Waals surface area contributed by atoms with Crippen LogP contribution < -0.4 is 11.1 Å². The van der Waals surface area contributed by atoms with Crippen LogP contribution in [-0.2, 0) is 4.79 Å². The number of nitrogens with two attached hydrogens (primary N) is 1. The summed E-state index contributed by atoms with van der Waals surface area (Å²) < 4.78 is 39.1. The van der Waals surface area contributed by atoms with Crippen LogP contribution >= 0.6 is 0 Å². The molecule has 1 aromatic carbocycles. The second-order valence-electron chi connectivity index (χ2n) is 3.58. The number of nitrogens with one attached hydrogen (secondary N) is 1. The zero-order valence-electron chi connectivity index (χ0n) is 9.27. The summed E-state index contributed by atoms with van der Waals surface area (Å²) in [5.41, 5.74) is 4.80. The first-order valence-corrected chi connectivity index (χ1v) is 5.14. The van der Waals surface area contributed by atoms with Crippen LogP contribution in [0.1, 0.15) is 24.9 Å². The normalized spacial score (nSPS) is 12.5. The molecule has 0 bridgehead atoms. The summed E-state index contributed by atoms with van der Waals surface area (Å²) in [6, 6.07) is -0.123. The molecule has 0 saturated heterocycles. The maximum Gasteiger partial charge on any atom is 0.239 e.